The minimum atomic E-state index is -0.457. The van der Waals surface area contributed by atoms with Crippen LogP contribution in [-0.2, 0) is 18.6 Å². The van der Waals surface area contributed by atoms with Gasteiger partial charge in [0.2, 0.25) is 0 Å². The van der Waals surface area contributed by atoms with Crippen molar-refractivity contribution in [2.24, 2.45) is 0 Å². The molecule has 0 radical (unpaired) electrons. The summed E-state index contributed by atoms with van der Waals surface area (Å²) in [6, 6.07) is 22.5. The second kappa shape index (κ2) is 11.8. The van der Waals surface area contributed by atoms with Crippen LogP contribution in [0.25, 0.3) is 0 Å². The van der Waals surface area contributed by atoms with E-state index in [1.807, 2.05) is 135 Å². The maximum atomic E-state index is 12.2. The first-order chi connectivity index (χ1) is 19.5. The van der Waals surface area contributed by atoms with Crippen LogP contribution in [0.2, 0.25) is 0 Å². The number of urea groups is 1. The quantitative estimate of drug-likeness (QED) is 0.282. The molecule has 2 saturated heterocycles. The van der Waals surface area contributed by atoms with E-state index in [0.29, 0.717) is 5.69 Å². The predicted molar refractivity (Wildman–Crippen MR) is 173 cm³/mol. The first-order valence-corrected chi connectivity index (χ1v) is 14.3. The van der Waals surface area contributed by atoms with Crippen molar-refractivity contribution < 1.29 is 23.4 Å². The molecule has 222 valence electrons. The Labute approximate surface area is 250 Å². The summed E-state index contributed by atoms with van der Waals surface area (Å²) < 4.78 is 24.0. The molecule has 0 unspecified atom stereocenters. The van der Waals surface area contributed by atoms with E-state index >= 15 is 0 Å². The van der Waals surface area contributed by atoms with Crippen LogP contribution in [0.5, 0.6) is 0 Å². The third kappa shape index (κ3) is 7.18. The predicted octanol–water partition coefficient (Wildman–Crippen LogP) is 5.51. The number of carbonyl (C=O) groups is 1. The molecule has 3 aromatic rings. The van der Waals surface area contributed by atoms with E-state index < -0.39 is 18.3 Å². The fourth-order valence-electron chi connectivity index (χ4n) is 4.39. The zero-order valence-corrected chi connectivity index (χ0v) is 26.2. The van der Waals surface area contributed by atoms with Crippen LogP contribution in [0.1, 0.15) is 61.0 Å². The fourth-order valence-corrected chi connectivity index (χ4v) is 4.39. The molecule has 2 aliphatic heterocycles. The van der Waals surface area contributed by atoms with Gasteiger partial charge in [0.05, 0.1) is 22.4 Å². The Morgan fingerprint density at radius 2 is 1.05 bits per heavy atom. The zero-order valence-electron chi connectivity index (χ0n) is 26.2. The van der Waals surface area contributed by atoms with Gasteiger partial charge in [0.25, 0.3) is 0 Å². The molecule has 0 saturated carbocycles. The van der Waals surface area contributed by atoms with Crippen molar-refractivity contribution in [1.29, 1.82) is 0 Å². The summed E-state index contributed by atoms with van der Waals surface area (Å²) in [5.74, 6) is 0. The molecule has 5 rings (SSSR count). The number of anilines is 3. The second-order valence-corrected chi connectivity index (χ2v) is 12.9. The maximum absolute atomic E-state index is 12.2. The monoisotopic (exact) mass is 571 g/mol. The van der Waals surface area contributed by atoms with Crippen LogP contribution in [-0.4, -0.2) is 42.7 Å². The van der Waals surface area contributed by atoms with Gasteiger partial charge in [0.1, 0.15) is 0 Å². The lowest BCUT2D eigenvalue weighted by molar-refractivity contribution is 0.00578. The SMILES string of the molecule is CC1(C)OB(c2ccc(N)cc2)OC1(C)C.Cc1cccc(NC(=O)Nc2cccc(B3OC(C)(C)C(C)(C)O3)c2)c1. The van der Waals surface area contributed by atoms with Gasteiger partial charge in [-0.3, -0.25) is 0 Å². The third-order valence-corrected chi connectivity index (χ3v) is 8.41. The van der Waals surface area contributed by atoms with E-state index in [4.69, 9.17) is 24.4 Å². The van der Waals surface area contributed by atoms with Crippen molar-refractivity contribution in [2.45, 2.75) is 84.7 Å². The van der Waals surface area contributed by atoms with E-state index in [1.54, 1.807) is 0 Å². The van der Waals surface area contributed by atoms with Crippen LogP contribution in [0.3, 0.4) is 0 Å². The van der Waals surface area contributed by atoms with Gasteiger partial charge in [-0.25, -0.2) is 4.79 Å². The Morgan fingerprint density at radius 3 is 1.52 bits per heavy atom. The molecule has 3 aromatic carbocycles. The largest absolute Gasteiger partial charge is 0.494 e. The van der Waals surface area contributed by atoms with E-state index in [2.05, 4.69) is 10.6 Å². The van der Waals surface area contributed by atoms with Crippen molar-refractivity contribution >= 4 is 48.3 Å². The van der Waals surface area contributed by atoms with E-state index in [9.17, 15) is 4.79 Å². The molecular formula is C32H43B2N3O5. The average molecular weight is 571 g/mol. The molecule has 0 aliphatic carbocycles. The van der Waals surface area contributed by atoms with E-state index in [-0.39, 0.29) is 24.4 Å². The standard InChI is InChI=1S/C20H25BN2O3.C12H18BNO2/c1-14-8-6-10-16(12-14)22-18(24)23-17-11-7-9-15(13-17)21-25-19(2,3)20(4,5)26-21;1-11(2)12(3,4)16-13(15-11)9-5-7-10(14)8-6-9/h6-13H,1-5H3,(H2,22,23,24);5-8H,14H2,1-4H3. The van der Waals surface area contributed by atoms with Crippen LogP contribution in [0.4, 0.5) is 21.9 Å². The van der Waals surface area contributed by atoms with Gasteiger partial charge >= 0.3 is 20.3 Å². The van der Waals surface area contributed by atoms with E-state index in [1.165, 1.54) is 0 Å². The molecule has 0 bridgehead atoms. The molecule has 8 nitrogen and oxygen atoms in total. The van der Waals surface area contributed by atoms with Gasteiger partial charge in [0, 0.05) is 17.1 Å². The Morgan fingerprint density at radius 1 is 0.619 bits per heavy atom. The lowest BCUT2D eigenvalue weighted by Crippen LogP contribution is -2.41. The summed E-state index contributed by atoms with van der Waals surface area (Å²) in [5, 5.41) is 5.69. The molecular weight excluding hydrogens is 528 g/mol. The number of amides is 2. The number of benzene rings is 3. The number of rotatable bonds is 4. The molecule has 0 spiro atoms. The molecule has 42 heavy (non-hydrogen) atoms. The molecule has 0 atom stereocenters. The molecule has 2 aliphatic rings. The van der Waals surface area contributed by atoms with Crippen molar-refractivity contribution in [2.75, 3.05) is 16.4 Å². The Balaban J connectivity index is 0.000000216. The minimum absolute atomic E-state index is 0.290. The Kier molecular flexibility index (Phi) is 8.86. The van der Waals surface area contributed by atoms with Crippen LogP contribution in [0.15, 0.2) is 72.8 Å². The number of aryl methyl sites for hydroxylation is 1. The van der Waals surface area contributed by atoms with Gasteiger partial charge in [-0.1, -0.05) is 36.4 Å². The Bertz CT molecular complexity index is 1380. The molecule has 0 aromatic heterocycles. The molecule has 2 fully saturated rings. The maximum Gasteiger partial charge on any atom is 0.494 e. The van der Waals surface area contributed by atoms with Crippen LogP contribution in [0, 0.1) is 6.92 Å². The highest BCUT2D eigenvalue weighted by Gasteiger charge is 2.52. The average Bonchev–Trinajstić information content (AvgIpc) is 3.24. The number of hydrogen-bond acceptors (Lipinski definition) is 6. The summed E-state index contributed by atoms with van der Waals surface area (Å²) in [5.41, 5.74) is 9.42. The number of hydrogen-bond donors (Lipinski definition) is 3. The highest BCUT2D eigenvalue weighted by molar-refractivity contribution is 6.62. The number of carbonyl (C=O) groups excluding carboxylic acids is 1. The van der Waals surface area contributed by atoms with Crippen LogP contribution >= 0.6 is 0 Å². The molecule has 10 heteroatoms. The highest BCUT2D eigenvalue weighted by atomic mass is 16.7. The van der Waals surface area contributed by atoms with Crippen LogP contribution < -0.4 is 27.3 Å². The van der Waals surface area contributed by atoms with Crippen molar-refractivity contribution in [3.63, 3.8) is 0 Å². The first-order valence-electron chi connectivity index (χ1n) is 14.3. The topological polar surface area (TPSA) is 104 Å². The minimum Gasteiger partial charge on any atom is -0.399 e. The summed E-state index contributed by atoms with van der Waals surface area (Å²) in [7, 11) is -0.757. The molecule has 2 heterocycles. The molecule has 4 N–H and O–H groups in total. The summed E-state index contributed by atoms with van der Waals surface area (Å²) in [6.45, 7) is 18.2. The first kappa shape index (κ1) is 31.6. The number of nitrogens with two attached hydrogens (primary N) is 1. The fraction of sp³-hybridized carbons (Fsp3) is 0.406. The van der Waals surface area contributed by atoms with Crippen molar-refractivity contribution in [3.05, 3.63) is 78.4 Å². The highest BCUT2D eigenvalue weighted by Crippen LogP contribution is 2.37. The summed E-state index contributed by atoms with van der Waals surface area (Å²) >= 11 is 0. The number of nitrogen functional groups attached to an aromatic ring is 1. The lowest BCUT2D eigenvalue weighted by atomic mass is 9.79. The van der Waals surface area contributed by atoms with Gasteiger partial charge in [-0.05, 0) is 115 Å². The summed E-state index contributed by atoms with van der Waals surface area (Å²) in [4.78, 5) is 12.2. The van der Waals surface area contributed by atoms with Gasteiger partial charge < -0.3 is 35.0 Å². The molecule has 2 amide bonds. The third-order valence-electron chi connectivity index (χ3n) is 8.41. The van der Waals surface area contributed by atoms with Gasteiger partial charge in [-0.15, -0.1) is 0 Å². The van der Waals surface area contributed by atoms with E-state index in [0.717, 1.165) is 27.9 Å². The lowest BCUT2D eigenvalue weighted by Gasteiger charge is -2.32. The summed E-state index contributed by atoms with van der Waals surface area (Å²) in [6.07, 6.45) is 0. The van der Waals surface area contributed by atoms with Gasteiger partial charge in [-0.2, -0.15) is 0 Å². The van der Waals surface area contributed by atoms with Crippen molar-refractivity contribution in [1.82, 2.24) is 0 Å². The normalized spacial score (nSPS) is 19.5. The van der Waals surface area contributed by atoms with Gasteiger partial charge in [0.15, 0.2) is 0 Å². The van der Waals surface area contributed by atoms with Crippen molar-refractivity contribution in [3.8, 4) is 0 Å². The second-order valence-electron chi connectivity index (χ2n) is 12.9. The number of nitrogens with one attached hydrogen (secondary N) is 2. The zero-order chi connectivity index (χ0) is 30.9. The Hall–Kier alpha value is -3.30. The smallest absolute Gasteiger partial charge is 0.399 e.